The lowest BCUT2D eigenvalue weighted by molar-refractivity contribution is 0.105. The Kier molecular flexibility index (Phi) is 2.17. The number of fused-ring (bicyclic) bond motifs is 2. The quantitative estimate of drug-likeness (QED) is 0.509. The lowest BCUT2D eigenvalue weighted by Gasteiger charge is -2.41. The first-order valence-corrected chi connectivity index (χ1v) is 5.14. The first-order chi connectivity index (χ1) is 5.68. The Bertz CT molecular complexity index is 158. The molecule has 0 saturated carbocycles. The third-order valence-electron chi connectivity index (χ3n) is 3.61. The molecule has 0 spiro atoms. The Labute approximate surface area is 76.3 Å². The molecule has 0 aromatic heterocycles. The Morgan fingerprint density at radius 1 is 1.17 bits per heavy atom. The van der Waals surface area contributed by atoms with Gasteiger partial charge in [-0.05, 0) is 26.7 Å². The molecule has 2 saturated heterocycles. The number of hydrogen-bond acceptors (Lipinski definition) is 2. The van der Waals surface area contributed by atoms with Crippen LogP contribution in [-0.4, -0.2) is 48.9 Å². The molecule has 2 aliphatic rings. The predicted molar refractivity (Wildman–Crippen MR) is 53.9 cm³/mol. The molecule has 3 heteroatoms. The summed E-state index contributed by atoms with van der Waals surface area (Å²) in [6.07, 6.45) is 2.84. The second-order valence-corrected chi connectivity index (χ2v) is 4.60. The molecule has 2 heterocycles. The minimum Gasteiger partial charge on any atom is -0.341 e. The molecule has 68 valence electrons. The van der Waals surface area contributed by atoms with Gasteiger partial charge in [-0.25, -0.2) is 0 Å². The van der Waals surface area contributed by atoms with E-state index >= 15 is 0 Å². The van der Waals surface area contributed by atoms with Crippen LogP contribution in [0, 0.1) is 0 Å². The molecule has 2 rings (SSSR count). The van der Waals surface area contributed by atoms with Crippen LogP contribution in [0.3, 0.4) is 0 Å². The molecule has 2 nitrogen and oxygen atoms in total. The molecule has 2 bridgehead atoms. The van der Waals surface area contributed by atoms with Gasteiger partial charge in [0.15, 0.2) is 7.98 Å². The predicted octanol–water partition coefficient (Wildman–Crippen LogP) is 0.0915. The van der Waals surface area contributed by atoms with Crippen molar-refractivity contribution >= 4 is 7.98 Å². The lowest BCUT2D eigenvalue weighted by atomic mass is 10.1. The van der Waals surface area contributed by atoms with E-state index in [1.165, 1.54) is 25.9 Å². The van der Waals surface area contributed by atoms with Crippen molar-refractivity contribution in [3.63, 3.8) is 0 Å². The van der Waals surface area contributed by atoms with Gasteiger partial charge in [0.25, 0.3) is 0 Å². The standard InChI is InChI=1S/C9H19BN2/c1-7(2)11-5-8-3-4-9(6-11)12(8)10/h7-9H,3-6,10H2,1-2H3. The molecule has 2 fully saturated rings. The largest absolute Gasteiger partial charge is 0.341 e. The Hall–Kier alpha value is -0.0151. The van der Waals surface area contributed by atoms with Gasteiger partial charge >= 0.3 is 0 Å². The molecule has 0 amide bonds. The van der Waals surface area contributed by atoms with Crippen LogP contribution in [0.4, 0.5) is 0 Å². The maximum atomic E-state index is 2.63. The average Bonchev–Trinajstić information content (AvgIpc) is 2.30. The molecule has 0 aromatic carbocycles. The number of hydrogen-bond donors (Lipinski definition) is 0. The molecular weight excluding hydrogens is 147 g/mol. The summed E-state index contributed by atoms with van der Waals surface area (Å²) in [6.45, 7) is 7.21. The van der Waals surface area contributed by atoms with Crippen molar-refractivity contribution in [3.8, 4) is 0 Å². The molecule has 2 unspecified atom stereocenters. The van der Waals surface area contributed by atoms with E-state index in [1.807, 2.05) is 0 Å². The van der Waals surface area contributed by atoms with E-state index in [0.717, 1.165) is 18.1 Å². The molecular formula is C9H19BN2. The third-order valence-corrected chi connectivity index (χ3v) is 3.61. The van der Waals surface area contributed by atoms with E-state index in [2.05, 4.69) is 31.5 Å². The summed E-state index contributed by atoms with van der Waals surface area (Å²) in [5.74, 6) is 0. The van der Waals surface area contributed by atoms with Crippen LogP contribution in [0.1, 0.15) is 26.7 Å². The molecule has 0 radical (unpaired) electrons. The molecule has 0 aliphatic carbocycles. The van der Waals surface area contributed by atoms with E-state index in [9.17, 15) is 0 Å². The van der Waals surface area contributed by atoms with E-state index in [4.69, 9.17) is 0 Å². The molecule has 2 aliphatic heterocycles. The first kappa shape index (κ1) is 8.58. The number of likely N-dealkylation sites (tertiary alicyclic amines) is 1. The second kappa shape index (κ2) is 3.04. The van der Waals surface area contributed by atoms with Gasteiger partial charge in [-0.3, -0.25) is 4.90 Å². The number of piperazine rings is 1. The summed E-state index contributed by atoms with van der Waals surface area (Å²) in [5.41, 5.74) is 0. The van der Waals surface area contributed by atoms with Crippen molar-refractivity contribution in [2.45, 2.75) is 44.8 Å². The normalized spacial score (nSPS) is 37.9. The summed E-state index contributed by atoms with van der Waals surface area (Å²) in [7, 11) is 2.29. The molecule has 2 atom stereocenters. The van der Waals surface area contributed by atoms with Crippen LogP contribution in [0.2, 0.25) is 0 Å². The van der Waals surface area contributed by atoms with Gasteiger partial charge in [-0.15, -0.1) is 0 Å². The summed E-state index contributed by atoms with van der Waals surface area (Å²) in [5, 5.41) is 0. The van der Waals surface area contributed by atoms with Gasteiger partial charge in [-0.2, -0.15) is 0 Å². The van der Waals surface area contributed by atoms with E-state index in [1.54, 1.807) is 0 Å². The summed E-state index contributed by atoms with van der Waals surface area (Å²) in [4.78, 5) is 5.21. The van der Waals surface area contributed by atoms with Gasteiger partial charge < -0.3 is 4.81 Å². The topological polar surface area (TPSA) is 6.48 Å². The Morgan fingerprint density at radius 3 is 2.08 bits per heavy atom. The molecule has 0 N–H and O–H groups in total. The maximum absolute atomic E-state index is 2.63. The monoisotopic (exact) mass is 166 g/mol. The van der Waals surface area contributed by atoms with Crippen molar-refractivity contribution in [3.05, 3.63) is 0 Å². The van der Waals surface area contributed by atoms with Gasteiger partial charge in [0, 0.05) is 31.2 Å². The summed E-state index contributed by atoms with van der Waals surface area (Å²) < 4.78 is 0. The van der Waals surface area contributed by atoms with Gasteiger partial charge in [-0.1, -0.05) is 0 Å². The fourth-order valence-electron chi connectivity index (χ4n) is 2.57. The van der Waals surface area contributed by atoms with Crippen molar-refractivity contribution < 1.29 is 0 Å². The third kappa shape index (κ3) is 1.29. The zero-order valence-corrected chi connectivity index (χ0v) is 8.45. The van der Waals surface area contributed by atoms with Crippen LogP contribution in [0.5, 0.6) is 0 Å². The fraction of sp³-hybridized carbons (Fsp3) is 1.00. The minimum atomic E-state index is 0.738. The van der Waals surface area contributed by atoms with Gasteiger partial charge in [0.1, 0.15) is 0 Å². The average molecular weight is 166 g/mol. The van der Waals surface area contributed by atoms with Crippen LogP contribution in [0.15, 0.2) is 0 Å². The summed E-state index contributed by atoms with van der Waals surface area (Å²) >= 11 is 0. The highest BCUT2D eigenvalue weighted by Crippen LogP contribution is 2.28. The number of nitrogens with zero attached hydrogens (tertiary/aromatic N) is 2. The molecule has 12 heavy (non-hydrogen) atoms. The molecule has 0 aromatic rings. The smallest absolute Gasteiger partial charge is 0.186 e. The van der Waals surface area contributed by atoms with E-state index < -0.39 is 0 Å². The van der Waals surface area contributed by atoms with E-state index in [-0.39, 0.29) is 0 Å². The second-order valence-electron chi connectivity index (χ2n) is 4.60. The number of rotatable bonds is 1. The van der Waals surface area contributed by atoms with Gasteiger partial charge in [0.05, 0.1) is 0 Å². The van der Waals surface area contributed by atoms with Crippen LogP contribution < -0.4 is 0 Å². The SMILES string of the molecule is BN1C2CCC1CN(C(C)C)C2. The van der Waals surface area contributed by atoms with Crippen LogP contribution >= 0.6 is 0 Å². The van der Waals surface area contributed by atoms with Crippen LogP contribution in [0.25, 0.3) is 0 Å². The van der Waals surface area contributed by atoms with E-state index in [0.29, 0.717) is 0 Å². The Morgan fingerprint density at radius 2 is 1.67 bits per heavy atom. The zero-order valence-electron chi connectivity index (χ0n) is 8.45. The zero-order chi connectivity index (χ0) is 8.72. The van der Waals surface area contributed by atoms with Gasteiger partial charge in [0.2, 0.25) is 0 Å². The van der Waals surface area contributed by atoms with Crippen molar-refractivity contribution in [2.24, 2.45) is 0 Å². The van der Waals surface area contributed by atoms with Crippen molar-refractivity contribution in [1.82, 2.24) is 9.71 Å². The highest BCUT2D eigenvalue weighted by atomic mass is 15.3. The Balaban J connectivity index is 2.02. The highest BCUT2D eigenvalue weighted by Gasteiger charge is 2.37. The summed E-state index contributed by atoms with van der Waals surface area (Å²) in [6, 6.07) is 2.44. The minimum absolute atomic E-state index is 0.738. The first-order valence-electron chi connectivity index (χ1n) is 5.14. The maximum Gasteiger partial charge on any atom is 0.186 e. The van der Waals surface area contributed by atoms with Crippen molar-refractivity contribution in [1.29, 1.82) is 0 Å². The highest BCUT2D eigenvalue weighted by molar-refractivity contribution is 6.05. The van der Waals surface area contributed by atoms with Crippen molar-refractivity contribution in [2.75, 3.05) is 13.1 Å². The fourth-order valence-corrected chi connectivity index (χ4v) is 2.57. The lowest BCUT2D eigenvalue weighted by Crippen LogP contribution is -2.54. The van der Waals surface area contributed by atoms with Crippen LogP contribution in [-0.2, 0) is 0 Å².